The van der Waals surface area contributed by atoms with Crippen LogP contribution in [0.2, 0.25) is 10.0 Å². The maximum Gasteiger partial charge on any atom is 0.348 e. The molecular formula is C14H13Cl4NO4. The van der Waals surface area contributed by atoms with Crippen LogP contribution in [0.1, 0.15) is 30.6 Å². The molecule has 23 heavy (non-hydrogen) atoms. The second kappa shape index (κ2) is 7.26. The number of hydrogen-bond acceptors (Lipinski definition) is 3. The van der Waals surface area contributed by atoms with Gasteiger partial charge >= 0.3 is 5.97 Å². The minimum absolute atomic E-state index is 0.0698. The van der Waals surface area contributed by atoms with Crippen LogP contribution in [-0.4, -0.2) is 32.6 Å². The van der Waals surface area contributed by atoms with Gasteiger partial charge in [-0.15, -0.1) is 0 Å². The van der Waals surface area contributed by atoms with Gasteiger partial charge in [0.2, 0.25) is 5.78 Å². The number of carboxylic acids is 1. The summed E-state index contributed by atoms with van der Waals surface area (Å²) in [5, 5.41) is 11.9. The molecule has 1 aromatic rings. The topological polar surface area (TPSA) is 83.5 Å². The Morgan fingerprint density at radius 3 is 2.00 bits per heavy atom. The summed E-state index contributed by atoms with van der Waals surface area (Å²) in [6.07, 6.45) is 0.0698. The Morgan fingerprint density at radius 2 is 1.61 bits per heavy atom. The molecule has 0 aliphatic rings. The lowest BCUT2D eigenvalue weighted by molar-refractivity contribution is -0.143. The first-order valence-corrected chi connectivity index (χ1v) is 7.90. The Hall–Kier alpha value is -1.01. The number of carbonyl (C=O) groups is 3. The van der Waals surface area contributed by atoms with E-state index in [9.17, 15) is 14.4 Å². The van der Waals surface area contributed by atoms with E-state index in [1.165, 1.54) is 25.1 Å². The SMILES string of the molecule is CCC(C)(NC(=O)c1cc(Cl)cc(Cl)c1)C(=O)C(Cl)(Cl)C(=O)O. The maximum atomic E-state index is 12.3. The van der Waals surface area contributed by atoms with Gasteiger partial charge in [0.05, 0.1) is 5.54 Å². The van der Waals surface area contributed by atoms with Crippen LogP contribution in [0.3, 0.4) is 0 Å². The van der Waals surface area contributed by atoms with Crippen LogP contribution in [0.25, 0.3) is 0 Å². The fourth-order valence-electron chi connectivity index (χ4n) is 1.76. The molecule has 126 valence electrons. The van der Waals surface area contributed by atoms with Crippen molar-refractivity contribution >= 4 is 64.1 Å². The van der Waals surface area contributed by atoms with E-state index in [0.29, 0.717) is 0 Å². The lowest BCUT2D eigenvalue weighted by atomic mass is 9.90. The molecule has 0 aliphatic heterocycles. The van der Waals surface area contributed by atoms with Gasteiger partial charge in [0, 0.05) is 15.6 Å². The van der Waals surface area contributed by atoms with Gasteiger partial charge in [-0.2, -0.15) is 0 Å². The van der Waals surface area contributed by atoms with Crippen molar-refractivity contribution in [1.29, 1.82) is 0 Å². The second-order valence-corrected chi connectivity index (χ2v) is 7.21. The van der Waals surface area contributed by atoms with Gasteiger partial charge in [-0.1, -0.05) is 53.3 Å². The molecule has 9 heteroatoms. The number of nitrogens with one attached hydrogen (secondary N) is 1. The molecule has 1 atom stereocenters. The van der Waals surface area contributed by atoms with E-state index in [1.807, 2.05) is 0 Å². The normalized spacial score (nSPS) is 14.0. The summed E-state index contributed by atoms with van der Waals surface area (Å²) in [4.78, 5) is 35.7. The van der Waals surface area contributed by atoms with E-state index in [-0.39, 0.29) is 22.0 Å². The highest BCUT2D eigenvalue weighted by atomic mass is 35.5. The third-order valence-electron chi connectivity index (χ3n) is 3.28. The van der Waals surface area contributed by atoms with E-state index < -0.39 is 27.5 Å². The number of rotatable bonds is 6. The van der Waals surface area contributed by atoms with E-state index >= 15 is 0 Å². The number of ketones is 1. The minimum atomic E-state index is -2.68. The van der Waals surface area contributed by atoms with Crippen LogP contribution in [0.5, 0.6) is 0 Å². The van der Waals surface area contributed by atoms with Gasteiger partial charge in [0.1, 0.15) is 0 Å². The fraction of sp³-hybridized carbons (Fsp3) is 0.357. The molecule has 0 fully saturated rings. The van der Waals surface area contributed by atoms with Gasteiger partial charge in [-0.25, -0.2) is 4.79 Å². The summed E-state index contributed by atoms with van der Waals surface area (Å²) in [6, 6.07) is 4.15. The Morgan fingerprint density at radius 1 is 1.13 bits per heavy atom. The summed E-state index contributed by atoms with van der Waals surface area (Å²) in [6.45, 7) is 2.91. The molecule has 0 aliphatic carbocycles. The van der Waals surface area contributed by atoms with E-state index in [1.54, 1.807) is 6.92 Å². The number of alkyl halides is 2. The molecule has 1 amide bonds. The zero-order chi connectivity index (χ0) is 18.0. The molecule has 5 nitrogen and oxygen atoms in total. The molecule has 0 radical (unpaired) electrons. The maximum absolute atomic E-state index is 12.3. The molecule has 0 spiro atoms. The van der Waals surface area contributed by atoms with Crippen LogP contribution < -0.4 is 5.32 Å². The third-order valence-corrected chi connectivity index (χ3v) is 4.38. The van der Waals surface area contributed by atoms with Gasteiger partial charge < -0.3 is 10.4 Å². The number of benzene rings is 1. The molecule has 0 saturated heterocycles. The smallest absolute Gasteiger partial charge is 0.348 e. The number of carboxylic acid groups (broad SMARTS) is 1. The van der Waals surface area contributed by atoms with Crippen molar-refractivity contribution in [3.05, 3.63) is 33.8 Å². The highest BCUT2D eigenvalue weighted by Gasteiger charge is 2.51. The van der Waals surface area contributed by atoms with E-state index in [4.69, 9.17) is 51.5 Å². The number of carbonyl (C=O) groups excluding carboxylic acids is 2. The standard InChI is InChI=1S/C14H13Cl4NO4/c1-3-13(2,11(21)14(17,18)12(22)23)19-10(20)7-4-8(15)6-9(16)5-7/h4-6H,3H2,1-2H3,(H,19,20)(H,22,23). The predicted octanol–water partition coefficient (Wildman–Crippen LogP) is 3.72. The molecule has 2 N–H and O–H groups in total. The summed E-state index contributed by atoms with van der Waals surface area (Å²) in [5.41, 5.74) is -1.48. The van der Waals surface area contributed by atoms with E-state index in [2.05, 4.69) is 5.32 Å². The largest absolute Gasteiger partial charge is 0.479 e. The van der Waals surface area contributed by atoms with Crippen molar-refractivity contribution in [3.8, 4) is 0 Å². The van der Waals surface area contributed by atoms with Crippen molar-refractivity contribution in [2.45, 2.75) is 30.1 Å². The lowest BCUT2D eigenvalue weighted by Crippen LogP contribution is -2.58. The Labute approximate surface area is 152 Å². The predicted molar refractivity (Wildman–Crippen MR) is 89.7 cm³/mol. The number of amides is 1. The zero-order valence-electron chi connectivity index (χ0n) is 12.1. The highest BCUT2D eigenvalue weighted by Crippen LogP contribution is 2.30. The van der Waals surface area contributed by atoms with Gasteiger partial charge in [0.15, 0.2) is 0 Å². The Kier molecular flexibility index (Phi) is 6.32. The molecule has 1 unspecified atom stereocenters. The first-order chi connectivity index (χ1) is 10.4. The molecule has 0 aromatic heterocycles. The van der Waals surface area contributed by atoms with Gasteiger partial charge in [0.25, 0.3) is 10.2 Å². The second-order valence-electron chi connectivity index (χ2n) is 5.01. The van der Waals surface area contributed by atoms with Crippen molar-refractivity contribution in [3.63, 3.8) is 0 Å². The number of Topliss-reactive ketones (excluding diaryl/α,β-unsaturated/α-hetero) is 1. The summed E-state index contributed by atoms with van der Waals surface area (Å²) < 4.78 is -2.68. The molecule has 0 heterocycles. The minimum Gasteiger partial charge on any atom is -0.479 e. The van der Waals surface area contributed by atoms with Gasteiger partial charge in [-0.05, 0) is 31.5 Å². The molecule has 1 aromatic carbocycles. The van der Waals surface area contributed by atoms with Crippen LogP contribution in [-0.2, 0) is 9.59 Å². The number of hydrogen-bond donors (Lipinski definition) is 2. The first-order valence-electron chi connectivity index (χ1n) is 6.38. The average Bonchev–Trinajstić information content (AvgIpc) is 2.44. The lowest BCUT2D eigenvalue weighted by Gasteiger charge is -2.31. The van der Waals surface area contributed by atoms with Crippen LogP contribution in [0.15, 0.2) is 18.2 Å². The number of halogens is 4. The monoisotopic (exact) mass is 399 g/mol. The molecule has 1 rings (SSSR count). The molecule has 0 saturated carbocycles. The summed E-state index contributed by atoms with van der Waals surface area (Å²) in [7, 11) is 0. The Bertz CT molecular complexity index is 642. The van der Waals surface area contributed by atoms with Crippen molar-refractivity contribution in [2.75, 3.05) is 0 Å². The van der Waals surface area contributed by atoms with Crippen LogP contribution >= 0.6 is 46.4 Å². The van der Waals surface area contributed by atoms with Crippen molar-refractivity contribution in [1.82, 2.24) is 5.32 Å². The highest BCUT2D eigenvalue weighted by molar-refractivity contribution is 6.67. The molecular weight excluding hydrogens is 388 g/mol. The summed E-state index contributed by atoms with van der Waals surface area (Å²) in [5.74, 6) is -3.43. The van der Waals surface area contributed by atoms with Crippen molar-refractivity contribution in [2.24, 2.45) is 0 Å². The number of aliphatic carboxylic acids is 1. The van der Waals surface area contributed by atoms with Crippen LogP contribution in [0.4, 0.5) is 0 Å². The first kappa shape index (κ1) is 20.0. The Balaban J connectivity index is 3.13. The third kappa shape index (κ3) is 4.51. The van der Waals surface area contributed by atoms with Crippen molar-refractivity contribution < 1.29 is 19.5 Å². The summed E-state index contributed by atoms with van der Waals surface area (Å²) >= 11 is 22.8. The van der Waals surface area contributed by atoms with E-state index in [0.717, 1.165) is 0 Å². The quantitative estimate of drug-likeness (QED) is 0.563. The van der Waals surface area contributed by atoms with Gasteiger partial charge in [-0.3, -0.25) is 9.59 Å². The van der Waals surface area contributed by atoms with Crippen LogP contribution in [0, 0.1) is 0 Å². The fourth-order valence-corrected chi connectivity index (χ4v) is 2.70. The average molecular weight is 401 g/mol. The molecule has 0 bridgehead atoms. The zero-order valence-corrected chi connectivity index (χ0v) is 15.1.